The smallest absolute Gasteiger partial charge is 0.318 e. The SMILES string of the molecule is COC(=O)[C@H](Cc1ccccc1)P(=O)(OC)[C@@H](N)Cc1ccccc1. The highest BCUT2D eigenvalue weighted by atomic mass is 31.2. The number of hydrogen-bond donors (Lipinski definition) is 1. The molecule has 2 aromatic carbocycles. The molecule has 134 valence electrons. The molecule has 0 spiro atoms. The number of rotatable bonds is 8. The summed E-state index contributed by atoms with van der Waals surface area (Å²) in [5.74, 6) is -1.37. The Kier molecular flexibility index (Phi) is 6.94. The van der Waals surface area contributed by atoms with Crippen LogP contribution in [0.3, 0.4) is 0 Å². The topological polar surface area (TPSA) is 78.6 Å². The molecule has 6 heteroatoms. The molecule has 2 rings (SSSR count). The lowest BCUT2D eigenvalue weighted by Crippen LogP contribution is -2.35. The lowest BCUT2D eigenvalue weighted by molar-refractivity contribution is -0.140. The van der Waals surface area contributed by atoms with Crippen LogP contribution < -0.4 is 5.73 Å². The summed E-state index contributed by atoms with van der Waals surface area (Å²) in [6.07, 6.45) is 0.607. The Labute approximate surface area is 148 Å². The van der Waals surface area contributed by atoms with Crippen LogP contribution >= 0.6 is 7.37 Å². The molecular formula is C19H24NO4P. The standard InChI is InChI=1S/C19H24NO4P/c1-23-19(21)17(13-15-9-5-3-6-10-15)25(22,24-2)18(20)14-16-11-7-4-8-12-16/h3-12,17-18H,13-14,20H2,1-2H3/t17-,18+,25?/m0/s1. The van der Waals surface area contributed by atoms with Gasteiger partial charge in [-0.05, 0) is 24.0 Å². The maximum Gasteiger partial charge on any atom is 0.318 e. The fourth-order valence-corrected chi connectivity index (χ4v) is 5.12. The fraction of sp³-hybridized carbons (Fsp3) is 0.316. The van der Waals surface area contributed by atoms with Gasteiger partial charge < -0.3 is 15.0 Å². The van der Waals surface area contributed by atoms with Crippen LogP contribution in [-0.4, -0.2) is 31.6 Å². The third-order valence-electron chi connectivity index (χ3n) is 4.21. The van der Waals surface area contributed by atoms with E-state index in [9.17, 15) is 9.36 Å². The van der Waals surface area contributed by atoms with Gasteiger partial charge in [0.05, 0.1) is 12.9 Å². The molecule has 0 aliphatic heterocycles. The van der Waals surface area contributed by atoms with Crippen molar-refractivity contribution in [2.24, 2.45) is 5.73 Å². The van der Waals surface area contributed by atoms with Gasteiger partial charge in [0.2, 0.25) is 7.37 Å². The number of methoxy groups -OCH3 is 1. The van der Waals surface area contributed by atoms with Crippen LogP contribution in [-0.2, 0) is 31.5 Å². The molecular weight excluding hydrogens is 337 g/mol. The Bertz CT molecular complexity index is 721. The highest BCUT2D eigenvalue weighted by molar-refractivity contribution is 7.61. The van der Waals surface area contributed by atoms with Crippen LogP contribution in [0.1, 0.15) is 11.1 Å². The number of ether oxygens (including phenoxy) is 1. The summed E-state index contributed by atoms with van der Waals surface area (Å²) in [5, 5.41) is 0. The molecule has 25 heavy (non-hydrogen) atoms. The molecule has 2 N–H and O–H groups in total. The number of benzene rings is 2. The highest BCUT2D eigenvalue weighted by Crippen LogP contribution is 2.56. The predicted octanol–water partition coefficient (Wildman–Crippen LogP) is 3.22. The van der Waals surface area contributed by atoms with E-state index in [1.807, 2.05) is 60.7 Å². The normalized spacial score (nSPS) is 15.8. The van der Waals surface area contributed by atoms with Crippen molar-refractivity contribution in [3.63, 3.8) is 0 Å². The van der Waals surface area contributed by atoms with Crippen molar-refractivity contribution in [2.45, 2.75) is 24.3 Å². The first-order valence-corrected chi connectivity index (χ1v) is 9.84. The second kappa shape index (κ2) is 8.95. The van der Waals surface area contributed by atoms with E-state index in [0.29, 0.717) is 6.42 Å². The minimum absolute atomic E-state index is 0.251. The van der Waals surface area contributed by atoms with Gasteiger partial charge in [-0.25, -0.2) is 0 Å². The average molecular weight is 361 g/mol. The first-order chi connectivity index (χ1) is 12.0. The maximum absolute atomic E-state index is 13.5. The monoisotopic (exact) mass is 361 g/mol. The van der Waals surface area contributed by atoms with E-state index in [0.717, 1.165) is 11.1 Å². The minimum atomic E-state index is -3.50. The summed E-state index contributed by atoms with van der Waals surface area (Å²) >= 11 is 0. The maximum atomic E-state index is 13.5. The van der Waals surface area contributed by atoms with Crippen molar-refractivity contribution in [1.29, 1.82) is 0 Å². The number of hydrogen-bond acceptors (Lipinski definition) is 5. The molecule has 0 amide bonds. The molecule has 0 aliphatic rings. The zero-order chi connectivity index (χ0) is 18.3. The molecule has 2 aromatic rings. The van der Waals surface area contributed by atoms with Gasteiger partial charge in [-0.2, -0.15) is 0 Å². The van der Waals surface area contributed by atoms with E-state index in [1.54, 1.807) is 0 Å². The second-order valence-electron chi connectivity index (χ2n) is 5.81. The Morgan fingerprint density at radius 3 is 1.88 bits per heavy atom. The zero-order valence-electron chi connectivity index (χ0n) is 14.5. The molecule has 0 fully saturated rings. The summed E-state index contributed by atoms with van der Waals surface area (Å²) in [7, 11) is -0.881. The summed E-state index contributed by atoms with van der Waals surface area (Å²) in [5.41, 5.74) is 7.12. The van der Waals surface area contributed by atoms with E-state index in [4.69, 9.17) is 15.0 Å². The third kappa shape index (κ3) is 4.79. The van der Waals surface area contributed by atoms with Crippen molar-refractivity contribution in [3.05, 3.63) is 71.8 Å². The zero-order valence-corrected chi connectivity index (χ0v) is 15.4. The lowest BCUT2D eigenvalue weighted by atomic mass is 10.1. The average Bonchev–Trinajstić information content (AvgIpc) is 2.66. The Balaban J connectivity index is 2.29. The van der Waals surface area contributed by atoms with Crippen LogP contribution in [0.25, 0.3) is 0 Å². The van der Waals surface area contributed by atoms with Gasteiger partial charge >= 0.3 is 5.97 Å². The molecule has 5 nitrogen and oxygen atoms in total. The van der Waals surface area contributed by atoms with Gasteiger partial charge in [0.25, 0.3) is 0 Å². The minimum Gasteiger partial charge on any atom is -0.468 e. The van der Waals surface area contributed by atoms with Crippen molar-refractivity contribution < 1.29 is 18.6 Å². The molecule has 0 heterocycles. The number of nitrogens with two attached hydrogens (primary N) is 1. The molecule has 0 saturated heterocycles. The quantitative estimate of drug-likeness (QED) is 0.577. The number of carbonyl (C=O) groups excluding carboxylic acids is 1. The van der Waals surface area contributed by atoms with E-state index in [-0.39, 0.29) is 6.42 Å². The van der Waals surface area contributed by atoms with Crippen LogP contribution in [0.2, 0.25) is 0 Å². The Hall–Kier alpha value is -1.94. The first-order valence-electron chi connectivity index (χ1n) is 8.07. The van der Waals surface area contributed by atoms with Gasteiger partial charge in [-0.3, -0.25) is 9.36 Å². The lowest BCUT2D eigenvalue weighted by Gasteiger charge is -2.29. The Morgan fingerprint density at radius 2 is 1.44 bits per heavy atom. The van der Waals surface area contributed by atoms with E-state index < -0.39 is 24.8 Å². The van der Waals surface area contributed by atoms with Crippen LogP contribution in [0.4, 0.5) is 0 Å². The molecule has 3 atom stereocenters. The van der Waals surface area contributed by atoms with Crippen LogP contribution in [0, 0.1) is 0 Å². The van der Waals surface area contributed by atoms with Gasteiger partial charge in [-0.1, -0.05) is 60.7 Å². The molecule has 0 bridgehead atoms. The van der Waals surface area contributed by atoms with Gasteiger partial charge in [0.15, 0.2) is 0 Å². The van der Waals surface area contributed by atoms with Crippen molar-refractivity contribution in [1.82, 2.24) is 0 Å². The van der Waals surface area contributed by atoms with Crippen LogP contribution in [0.5, 0.6) is 0 Å². The van der Waals surface area contributed by atoms with Gasteiger partial charge in [-0.15, -0.1) is 0 Å². The van der Waals surface area contributed by atoms with Crippen molar-refractivity contribution >= 4 is 13.3 Å². The van der Waals surface area contributed by atoms with E-state index >= 15 is 0 Å². The fourth-order valence-electron chi connectivity index (χ4n) is 2.81. The van der Waals surface area contributed by atoms with Gasteiger partial charge in [0.1, 0.15) is 5.66 Å². The second-order valence-corrected chi connectivity index (χ2v) is 8.76. The van der Waals surface area contributed by atoms with Gasteiger partial charge in [0, 0.05) is 7.11 Å². The largest absolute Gasteiger partial charge is 0.468 e. The molecule has 0 radical (unpaired) electrons. The summed E-state index contributed by atoms with van der Waals surface area (Å²) in [6, 6.07) is 18.9. The number of esters is 1. The van der Waals surface area contributed by atoms with E-state index in [1.165, 1.54) is 14.2 Å². The third-order valence-corrected chi connectivity index (χ3v) is 7.15. The molecule has 0 aliphatic carbocycles. The first kappa shape index (κ1) is 19.4. The van der Waals surface area contributed by atoms with Crippen LogP contribution in [0.15, 0.2) is 60.7 Å². The van der Waals surface area contributed by atoms with Crippen molar-refractivity contribution in [3.8, 4) is 0 Å². The number of carbonyl (C=O) groups is 1. The summed E-state index contributed by atoms with van der Waals surface area (Å²) in [4.78, 5) is 12.3. The molecule has 0 aromatic heterocycles. The van der Waals surface area contributed by atoms with Crippen molar-refractivity contribution in [2.75, 3.05) is 14.2 Å². The summed E-state index contributed by atoms with van der Waals surface area (Å²) in [6.45, 7) is 0. The molecule has 1 unspecified atom stereocenters. The molecule has 0 saturated carbocycles. The van der Waals surface area contributed by atoms with E-state index in [2.05, 4.69) is 0 Å². The Morgan fingerprint density at radius 1 is 0.960 bits per heavy atom. The summed E-state index contributed by atoms with van der Waals surface area (Å²) < 4.78 is 23.8. The highest BCUT2D eigenvalue weighted by Gasteiger charge is 2.44. The predicted molar refractivity (Wildman–Crippen MR) is 98.7 cm³/mol.